The Balaban J connectivity index is 0.852. The number of ether oxygens (including phenoxy) is 1. The Kier molecular flexibility index (Phi) is 11.6. The summed E-state index contributed by atoms with van der Waals surface area (Å²) in [5.74, 6) is -0.140. The highest BCUT2D eigenvalue weighted by Gasteiger charge is 2.30. The molecule has 2 saturated heterocycles. The molecule has 1 atom stereocenters. The number of phenolic OH excluding ortho intramolecular Hbond substituents is 2. The molecular weight excluding hydrogens is 826 g/mol. The van der Waals surface area contributed by atoms with Crippen LogP contribution >= 0.6 is 23.2 Å². The van der Waals surface area contributed by atoms with Crippen LogP contribution in [-0.2, 0) is 0 Å². The van der Waals surface area contributed by atoms with Gasteiger partial charge in [0.25, 0.3) is 0 Å². The van der Waals surface area contributed by atoms with E-state index in [-0.39, 0.29) is 51.2 Å². The second kappa shape index (κ2) is 17.0. The number of aromatic hydroxyl groups is 2. The molecule has 1 unspecified atom stereocenters. The van der Waals surface area contributed by atoms with Gasteiger partial charge in [0.05, 0.1) is 28.5 Å². The number of phenols is 2. The number of piperazine rings is 1. The molecule has 0 spiro atoms. The summed E-state index contributed by atoms with van der Waals surface area (Å²) in [5.41, 5.74) is 10.0. The van der Waals surface area contributed by atoms with Crippen molar-refractivity contribution in [2.45, 2.75) is 51.7 Å². The largest absolute Gasteiger partial charge is 0.508 e. The van der Waals surface area contributed by atoms with Gasteiger partial charge in [-0.25, -0.2) is 28.6 Å². The molecule has 0 aliphatic carbocycles. The van der Waals surface area contributed by atoms with Crippen LogP contribution in [0, 0.1) is 5.82 Å². The summed E-state index contributed by atoms with van der Waals surface area (Å²) in [4.78, 5) is 36.9. The Morgan fingerprint density at radius 2 is 1.59 bits per heavy atom. The molecule has 5 N–H and O–H groups in total. The maximum absolute atomic E-state index is 14.2. The number of nitrogens with two attached hydrogens (primary N) is 1. The number of amides is 2. The summed E-state index contributed by atoms with van der Waals surface area (Å²) in [6.45, 7) is 9.17. The molecule has 2 aliphatic heterocycles. The minimum atomic E-state index is -0.708. The SMILES string of the molecule is CC(C)c1cc(-c2n[nH]c(=O)n2-c2ccc(N3CCN(C(=O)N4CCC(n5cc(-c6cnc(N)c(OC(C)c7c(Cl)ccc(F)c7Cl)c6)cn5)CC4)CC3)cc2)c(O)cc1O. The Bertz CT molecular complexity index is 2630. The van der Waals surface area contributed by atoms with Crippen molar-refractivity contribution in [1.82, 2.24) is 39.3 Å². The number of likely N-dealkylation sites (tertiary alicyclic amines) is 1. The number of nitrogens with one attached hydrogen (secondary N) is 1. The lowest BCUT2D eigenvalue weighted by molar-refractivity contribution is 0.129. The number of benzene rings is 3. The third-order valence-corrected chi connectivity index (χ3v) is 12.1. The number of carbonyl (C=O) groups is 1. The van der Waals surface area contributed by atoms with Gasteiger partial charge in [-0.1, -0.05) is 37.0 Å². The Morgan fingerprint density at radius 3 is 2.30 bits per heavy atom. The summed E-state index contributed by atoms with van der Waals surface area (Å²) < 4.78 is 23.6. The van der Waals surface area contributed by atoms with E-state index in [0.717, 1.165) is 29.7 Å². The van der Waals surface area contributed by atoms with E-state index in [4.69, 9.17) is 33.7 Å². The number of anilines is 2. The first-order valence-corrected chi connectivity index (χ1v) is 20.8. The van der Waals surface area contributed by atoms with E-state index >= 15 is 0 Å². The zero-order valence-electron chi connectivity index (χ0n) is 33.7. The van der Waals surface area contributed by atoms with Crippen molar-refractivity contribution in [2.24, 2.45) is 0 Å². The lowest BCUT2D eigenvalue weighted by Crippen LogP contribution is -2.54. The van der Waals surface area contributed by atoms with E-state index in [0.29, 0.717) is 67.4 Å². The van der Waals surface area contributed by atoms with Gasteiger partial charge in [-0.15, -0.1) is 0 Å². The molecule has 5 heterocycles. The number of piperidine rings is 1. The molecule has 61 heavy (non-hydrogen) atoms. The number of aromatic amines is 1. The van der Waals surface area contributed by atoms with Crippen LogP contribution in [-0.4, -0.2) is 94.8 Å². The molecule has 0 bridgehead atoms. The predicted octanol–water partition coefficient (Wildman–Crippen LogP) is 7.77. The highest BCUT2D eigenvalue weighted by Crippen LogP contribution is 2.39. The molecule has 2 aliphatic rings. The van der Waals surface area contributed by atoms with Gasteiger partial charge >= 0.3 is 11.7 Å². The van der Waals surface area contributed by atoms with Crippen LogP contribution in [0.2, 0.25) is 10.0 Å². The number of pyridine rings is 1. The van der Waals surface area contributed by atoms with Crippen molar-refractivity contribution in [3.8, 4) is 45.5 Å². The van der Waals surface area contributed by atoms with Gasteiger partial charge in [0.15, 0.2) is 17.4 Å². The smallest absolute Gasteiger partial charge is 0.348 e. The normalized spacial score (nSPS) is 15.4. The van der Waals surface area contributed by atoms with Crippen molar-refractivity contribution in [3.05, 3.63) is 111 Å². The fourth-order valence-electron chi connectivity index (χ4n) is 8.00. The molecule has 2 fully saturated rings. The first-order valence-electron chi connectivity index (χ1n) is 20.0. The minimum absolute atomic E-state index is 0.0174. The maximum Gasteiger partial charge on any atom is 0.348 e. The topological polar surface area (TPSA) is 184 Å². The van der Waals surface area contributed by atoms with Gasteiger partial charge in [0, 0.05) is 85.1 Å². The van der Waals surface area contributed by atoms with Gasteiger partial charge < -0.3 is 35.4 Å². The van der Waals surface area contributed by atoms with E-state index in [1.807, 2.05) is 58.8 Å². The van der Waals surface area contributed by atoms with E-state index in [9.17, 15) is 24.2 Å². The monoisotopic (exact) mass is 870 g/mol. The number of hydrogen-bond donors (Lipinski definition) is 4. The summed E-state index contributed by atoms with van der Waals surface area (Å²) >= 11 is 12.5. The number of nitrogen functional groups attached to an aromatic ring is 1. The molecule has 18 heteroatoms. The average Bonchev–Trinajstić information content (AvgIpc) is 3.90. The molecule has 15 nitrogen and oxygen atoms in total. The fourth-order valence-corrected chi connectivity index (χ4v) is 8.68. The third kappa shape index (κ3) is 8.29. The standard InChI is InChI=1S/C43H45Cl2FN10O5/c1-24(2)31-19-32(36(58)20-35(31)57)41-50-51-42(59)56(41)30-6-4-28(5-7-30)52-14-16-54(17-15-52)43(60)53-12-10-29(11-13-53)55-23-27(22-49-55)26-18-37(40(47)48-21-26)61-25(3)38-33(44)8-9-34(46)39(38)45/h4-9,18-25,29,57-58H,10-17H2,1-3H3,(H2,47,48)(H,51,59). The molecular formula is C43H45Cl2FN10O5. The van der Waals surface area contributed by atoms with Crippen molar-refractivity contribution in [1.29, 1.82) is 0 Å². The molecule has 318 valence electrons. The van der Waals surface area contributed by atoms with E-state index in [2.05, 4.69) is 25.2 Å². The highest BCUT2D eigenvalue weighted by atomic mass is 35.5. The van der Waals surface area contributed by atoms with Crippen molar-refractivity contribution in [3.63, 3.8) is 0 Å². The average molecular weight is 872 g/mol. The van der Waals surface area contributed by atoms with Crippen LogP contribution in [0.4, 0.5) is 20.7 Å². The number of H-pyrrole nitrogens is 1. The lowest BCUT2D eigenvalue weighted by Gasteiger charge is -2.40. The van der Waals surface area contributed by atoms with Gasteiger partial charge in [0.2, 0.25) is 0 Å². The molecule has 2 amide bonds. The maximum atomic E-state index is 14.2. The van der Waals surface area contributed by atoms with E-state index in [1.165, 1.54) is 22.8 Å². The Morgan fingerprint density at radius 1 is 0.902 bits per heavy atom. The van der Waals surface area contributed by atoms with Gasteiger partial charge in [-0.2, -0.15) is 10.2 Å². The second-order valence-electron chi connectivity index (χ2n) is 15.6. The molecule has 3 aromatic carbocycles. The first-order chi connectivity index (χ1) is 29.3. The van der Waals surface area contributed by atoms with Crippen LogP contribution in [0.1, 0.15) is 62.8 Å². The zero-order chi connectivity index (χ0) is 43.1. The minimum Gasteiger partial charge on any atom is -0.508 e. The van der Waals surface area contributed by atoms with E-state index in [1.54, 1.807) is 31.5 Å². The molecule has 8 rings (SSSR count). The van der Waals surface area contributed by atoms with Crippen molar-refractivity contribution >= 4 is 40.7 Å². The number of nitrogens with zero attached hydrogens (tertiary/aromatic N) is 8. The Hall–Kier alpha value is -6.26. The summed E-state index contributed by atoms with van der Waals surface area (Å²) in [7, 11) is 0. The van der Waals surface area contributed by atoms with Crippen molar-refractivity contribution in [2.75, 3.05) is 49.9 Å². The number of urea groups is 1. The third-order valence-electron chi connectivity index (χ3n) is 11.4. The number of carbonyl (C=O) groups excluding carboxylic acids is 1. The van der Waals surface area contributed by atoms with Crippen LogP contribution in [0.3, 0.4) is 0 Å². The molecule has 6 aromatic rings. The van der Waals surface area contributed by atoms with Crippen LogP contribution in [0.15, 0.2) is 78.0 Å². The van der Waals surface area contributed by atoms with Crippen molar-refractivity contribution < 1.29 is 24.1 Å². The quantitative estimate of drug-likeness (QED) is 0.105. The Labute approximate surface area is 360 Å². The number of rotatable bonds is 9. The summed E-state index contributed by atoms with van der Waals surface area (Å²) in [5, 5.41) is 32.5. The number of aromatic nitrogens is 6. The van der Waals surface area contributed by atoms with Gasteiger partial charge in [0.1, 0.15) is 23.4 Å². The first kappa shape index (κ1) is 41.5. The molecule has 0 radical (unpaired) electrons. The number of hydrogen-bond acceptors (Lipinski definition) is 10. The number of halogens is 3. The highest BCUT2D eigenvalue weighted by molar-refractivity contribution is 6.36. The summed E-state index contributed by atoms with van der Waals surface area (Å²) in [6.07, 6.45) is 6.12. The van der Waals surface area contributed by atoms with Gasteiger partial charge in [-0.05, 0) is 79.8 Å². The fraction of sp³-hybridized carbons (Fsp3) is 0.326. The van der Waals surface area contributed by atoms with Crippen LogP contribution < -0.4 is 21.1 Å². The van der Waals surface area contributed by atoms with Crippen LogP contribution in [0.25, 0.3) is 28.2 Å². The zero-order valence-corrected chi connectivity index (χ0v) is 35.2. The second-order valence-corrected chi connectivity index (χ2v) is 16.4. The molecule has 3 aromatic heterocycles. The molecule has 0 saturated carbocycles. The van der Waals surface area contributed by atoms with Gasteiger partial charge in [-0.3, -0.25) is 4.68 Å². The summed E-state index contributed by atoms with van der Waals surface area (Å²) in [6, 6.07) is 14.9. The lowest BCUT2D eigenvalue weighted by atomic mass is 9.98. The predicted molar refractivity (Wildman–Crippen MR) is 231 cm³/mol. The van der Waals surface area contributed by atoms with Crippen LogP contribution in [0.5, 0.6) is 17.2 Å². The van der Waals surface area contributed by atoms with E-state index < -0.39 is 17.6 Å².